The molecular weight excluding hydrogens is 305 g/mol. The van der Waals surface area contributed by atoms with E-state index in [1.165, 1.54) is 11.6 Å². The van der Waals surface area contributed by atoms with E-state index < -0.39 is 0 Å². The van der Waals surface area contributed by atoms with E-state index >= 15 is 0 Å². The molecule has 0 amide bonds. The first-order valence-electron chi connectivity index (χ1n) is 6.42. The highest BCUT2D eigenvalue weighted by Crippen LogP contribution is 2.21. The molecule has 0 radical (unpaired) electrons. The summed E-state index contributed by atoms with van der Waals surface area (Å²) in [6, 6.07) is 15.5. The lowest BCUT2D eigenvalue weighted by atomic mass is 9.99. The van der Waals surface area contributed by atoms with Crippen LogP contribution in [0.3, 0.4) is 0 Å². The summed E-state index contributed by atoms with van der Waals surface area (Å²) in [6.07, 6.45) is 0.772. The van der Waals surface area contributed by atoms with Gasteiger partial charge in [-0.05, 0) is 42.3 Å². The SMILES string of the molecule is CCNC(Cc1cc(F)cc(Br)c1)c1ccccc1. The summed E-state index contributed by atoms with van der Waals surface area (Å²) >= 11 is 3.34. The Labute approximate surface area is 122 Å². The molecule has 2 aromatic carbocycles. The summed E-state index contributed by atoms with van der Waals surface area (Å²) in [5.41, 5.74) is 2.21. The zero-order chi connectivity index (χ0) is 13.7. The fourth-order valence-corrected chi connectivity index (χ4v) is 2.72. The van der Waals surface area contributed by atoms with E-state index in [4.69, 9.17) is 0 Å². The number of benzene rings is 2. The lowest BCUT2D eigenvalue weighted by Gasteiger charge is -2.18. The molecule has 0 saturated heterocycles. The van der Waals surface area contributed by atoms with Crippen molar-refractivity contribution in [2.45, 2.75) is 19.4 Å². The highest BCUT2D eigenvalue weighted by Gasteiger charge is 2.11. The number of halogens is 2. The van der Waals surface area contributed by atoms with Crippen LogP contribution in [0.4, 0.5) is 4.39 Å². The van der Waals surface area contributed by atoms with Crippen LogP contribution in [0, 0.1) is 5.82 Å². The van der Waals surface area contributed by atoms with Crippen molar-refractivity contribution >= 4 is 15.9 Å². The summed E-state index contributed by atoms with van der Waals surface area (Å²) in [4.78, 5) is 0. The van der Waals surface area contributed by atoms with Gasteiger partial charge in [0.1, 0.15) is 5.82 Å². The largest absolute Gasteiger partial charge is 0.310 e. The average molecular weight is 322 g/mol. The Balaban J connectivity index is 2.21. The molecule has 0 bridgehead atoms. The molecule has 0 aliphatic heterocycles. The van der Waals surface area contributed by atoms with E-state index in [1.807, 2.05) is 24.3 Å². The lowest BCUT2D eigenvalue weighted by molar-refractivity contribution is 0.546. The Hall–Kier alpha value is -1.19. The fourth-order valence-electron chi connectivity index (χ4n) is 2.20. The Kier molecular flexibility index (Phi) is 5.11. The summed E-state index contributed by atoms with van der Waals surface area (Å²) in [5.74, 6) is -0.201. The third-order valence-corrected chi connectivity index (χ3v) is 3.47. The van der Waals surface area contributed by atoms with Crippen LogP contribution in [0.15, 0.2) is 53.0 Å². The lowest BCUT2D eigenvalue weighted by Crippen LogP contribution is -2.22. The van der Waals surface area contributed by atoms with Crippen LogP contribution in [-0.2, 0) is 6.42 Å². The first-order chi connectivity index (χ1) is 9.19. The van der Waals surface area contributed by atoms with Gasteiger partial charge in [0.25, 0.3) is 0 Å². The minimum Gasteiger partial charge on any atom is -0.310 e. The van der Waals surface area contributed by atoms with Gasteiger partial charge in [-0.25, -0.2) is 4.39 Å². The van der Waals surface area contributed by atoms with Gasteiger partial charge in [-0.3, -0.25) is 0 Å². The van der Waals surface area contributed by atoms with Crippen molar-refractivity contribution in [3.8, 4) is 0 Å². The second-order valence-electron chi connectivity index (χ2n) is 4.50. The van der Waals surface area contributed by atoms with Gasteiger partial charge in [-0.15, -0.1) is 0 Å². The van der Waals surface area contributed by atoms with Gasteiger partial charge in [0, 0.05) is 10.5 Å². The first-order valence-corrected chi connectivity index (χ1v) is 7.21. The minimum atomic E-state index is -0.201. The predicted molar refractivity (Wildman–Crippen MR) is 80.7 cm³/mol. The summed E-state index contributed by atoms with van der Waals surface area (Å²) in [6.45, 7) is 2.97. The van der Waals surface area contributed by atoms with Crippen LogP contribution in [-0.4, -0.2) is 6.54 Å². The third kappa shape index (κ3) is 4.15. The van der Waals surface area contributed by atoms with Gasteiger partial charge >= 0.3 is 0 Å². The molecule has 0 aliphatic carbocycles. The van der Waals surface area contributed by atoms with Crippen molar-refractivity contribution in [1.29, 1.82) is 0 Å². The molecule has 0 aromatic heterocycles. The molecule has 1 unspecified atom stereocenters. The molecule has 19 heavy (non-hydrogen) atoms. The molecule has 0 fully saturated rings. The number of likely N-dealkylation sites (N-methyl/N-ethyl adjacent to an activating group) is 1. The fraction of sp³-hybridized carbons (Fsp3) is 0.250. The van der Waals surface area contributed by atoms with Crippen molar-refractivity contribution in [2.24, 2.45) is 0 Å². The minimum absolute atomic E-state index is 0.201. The standard InChI is InChI=1S/C16H17BrFN/c1-2-19-16(13-6-4-3-5-7-13)10-12-8-14(17)11-15(18)9-12/h3-9,11,16,19H,2,10H2,1H3. The van der Waals surface area contributed by atoms with Gasteiger partial charge in [-0.1, -0.05) is 53.2 Å². The van der Waals surface area contributed by atoms with E-state index in [0.717, 1.165) is 23.0 Å². The average Bonchev–Trinajstić information content (AvgIpc) is 2.38. The maximum atomic E-state index is 13.4. The molecule has 2 rings (SSSR count). The zero-order valence-corrected chi connectivity index (χ0v) is 12.5. The molecule has 100 valence electrons. The van der Waals surface area contributed by atoms with Crippen LogP contribution in [0.25, 0.3) is 0 Å². The van der Waals surface area contributed by atoms with E-state index in [0.29, 0.717) is 0 Å². The van der Waals surface area contributed by atoms with E-state index in [2.05, 4.69) is 40.3 Å². The molecule has 1 N–H and O–H groups in total. The number of hydrogen-bond donors (Lipinski definition) is 1. The Bertz CT molecular complexity index is 507. The Morgan fingerprint density at radius 1 is 1.16 bits per heavy atom. The van der Waals surface area contributed by atoms with Crippen LogP contribution in [0.1, 0.15) is 24.1 Å². The van der Waals surface area contributed by atoms with Crippen LogP contribution in [0.5, 0.6) is 0 Å². The van der Waals surface area contributed by atoms with Gasteiger partial charge in [-0.2, -0.15) is 0 Å². The third-order valence-electron chi connectivity index (χ3n) is 3.01. The molecule has 0 saturated carbocycles. The van der Waals surface area contributed by atoms with Crippen molar-refractivity contribution in [2.75, 3.05) is 6.54 Å². The molecule has 1 nitrogen and oxygen atoms in total. The number of nitrogens with one attached hydrogen (secondary N) is 1. The van der Waals surface area contributed by atoms with Gasteiger partial charge in [0.2, 0.25) is 0 Å². The summed E-state index contributed by atoms with van der Waals surface area (Å²) in [7, 11) is 0. The summed E-state index contributed by atoms with van der Waals surface area (Å²) < 4.78 is 14.2. The number of rotatable bonds is 5. The smallest absolute Gasteiger partial charge is 0.124 e. The van der Waals surface area contributed by atoms with Crippen molar-refractivity contribution < 1.29 is 4.39 Å². The quantitative estimate of drug-likeness (QED) is 0.856. The Morgan fingerprint density at radius 2 is 1.89 bits per heavy atom. The topological polar surface area (TPSA) is 12.0 Å². The molecule has 2 aromatic rings. The molecule has 0 spiro atoms. The second kappa shape index (κ2) is 6.83. The van der Waals surface area contributed by atoms with E-state index in [1.54, 1.807) is 6.07 Å². The normalized spacial score (nSPS) is 12.4. The van der Waals surface area contributed by atoms with Crippen LogP contribution < -0.4 is 5.32 Å². The molecular formula is C16H17BrFN. The van der Waals surface area contributed by atoms with Gasteiger partial charge in [0.05, 0.1) is 0 Å². The first kappa shape index (κ1) is 14.2. The number of hydrogen-bond acceptors (Lipinski definition) is 1. The van der Waals surface area contributed by atoms with Gasteiger partial charge in [0.15, 0.2) is 0 Å². The molecule has 1 atom stereocenters. The summed E-state index contributed by atoms with van der Waals surface area (Å²) in [5, 5.41) is 3.45. The second-order valence-corrected chi connectivity index (χ2v) is 5.42. The zero-order valence-electron chi connectivity index (χ0n) is 10.9. The van der Waals surface area contributed by atoms with Crippen LogP contribution >= 0.6 is 15.9 Å². The molecule has 3 heteroatoms. The highest BCUT2D eigenvalue weighted by molar-refractivity contribution is 9.10. The van der Waals surface area contributed by atoms with E-state index in [9.17, 15) is 4.39 Å². The van der Waals surface area contributed by atoms with Crippen molar-refractivity contribution in [3.63, 3.8) is 0 Å². The van der Waals surface area contributed by atoms with Gasteiger partial charge < -0.3 is 5.32 Å². The molecule has 0 heterocycles. The Morgan fingerprint density at radius 3 is 2.53 bits per heavy atom. The van der Waals surface area contributed by atoms with Crippen molar-refractivity contribution in [3.05, 3.63) is 69.9 Å². The maximum Gasteiger partial charge on any atom is 0.124 e. The maximum absolute atomic E-state index is 13.4. The monoisotopic (exact) mass is 321 g/mol. The highest BCUT2D eigenvalue weighted by atomic mass is 79.9. The molecule has 0 aliphatic rings. The predicted octanol–water partition coefficient (Wildman–Crippen LogP) is 4.48. The van der Waals surface area contributed by atoms with Crippen molar-refractivity contribution in [1.82, 2.24) is 5.32 Å². The van der Waals surface area contributed by atoms with E-state index in [-0.39, 0.29) is 11.9 Å². The van der Waals surface area contributed by atoms with Crippen LogP contribution in [0.2, 0.25) is 0 Å².